The minimum absolute atomic E-state index is 0.207. The number of para-hydroxylation sites is 1. The maximum Gasteiger partial charge on any atom is 0.251 e. The maximum atomic E-state index is 12.9. The third-order valence-corrected chi connectivity index (χ3v) is 8.87. The number of rotatable bonds is 5. The van der Waals surface area contributed by atoms with Gasteiger partial charge >= 0.3 is 0 Å². The Hall–Kier alpha value is -2.20. The second kappa shape index (κ2) is 9.35. The van der Waals surface area contributed by atoms with Gasteiger partial charge in [0.05, 0.1) is 16.7 Å². The highest BCUT2D eigenvalue weighted by Crippen LogP contribution is 2.28. The Labute approximate surface area is 196 Å². The van der Waals surface area contributed by atoms with Crippen LogP contribution in [0.4, 0.5) is 0 Å². The van der Waals surface area contributed by atoms with Crippen LogP contribution in [-0.4, -0.2) is 43.4 Å². The molecule has 1 saturated heterocycles. The Balaban J connectivity index is 1.53. The molecule has 0 N–H and O–H groups in total. The third kappa shape index (κ3) is 4.34. The summed E-state index contributed by atoms with van der Waals surface area (Å²) >= 11 is 7.32. The van der Waals surface area contributed by atoms with Crippen molar-refractivity contribution in [3.8, 4) is 5.75 Å². The zero-order valence-electron chi connectivity index (χ0n) is 17.8. The predicted molar refractivity (Wildman–Crippen MR) is 126 cm³/mol. The largest absolute Gasteiger partial charge is 0.495 e. The Morgan fingerprint density at radius 2 is 1.88 bits per heavy atom. The molecule has 1 aromatic heterocycles. The van der Waals surface area contributed by atoms with Crippen LogP contribution in [0.15, 0.2) is 52.4 Å². The van der Waals surface area contributed by atoms with Crippen LogP contribution >= 0.6 is 22.9 Å². The van der Waals surface area contributed by atoms with Gasteiger partial charge in [-0.05, 0) is 56.2 Å². The lowest BCUT2D eigenvalue weighted by molar-refractivity contribution is -0.122. The molecule has 1 aliphatic rings. The quantitative estimate of drug-likeness (QED) is 0.539. The number of hydrogen-bond donors (Lipinski definition) is 0. The number of halogens is 1. The van der Waals surface area contributed by atoms with E-state index in [1.54, 1.807) is 19.2 Å². The molecule has 0 radical (unpaired) electrons. The van der Waals surface area contributed by atoms with Crippen molar-refractivity contribution in [2.24, 2.45) is 10.9 Å². The molecule has 3 aromatic rings. The van der Waals surface area contributed by atoms with Gasteiger partial charge in [0.25, 0.3) is 5.91 Å². The van der Waals surface area contributed by atoms with E-state index in [0.29, 0.717) is 29.2 Å². The van der Waals surface area contributed by atoms with E-state index in [9.17, 15) is 13.2 Å². The van der Waals surface area contributed by atoms with Crippen LogP contribution in [0.3, 0.4) is 0 Å². The summed E-state index contributed by atoms with van der Waals surface area (Å²) in [7, 11) is -1.98. The number of nitrogens with zero attached hydrogens (tertiary/aromatic N) is 3. The average molecular weight is 494 g/mol. The fourth-order valence-corrected chi connectivity index (χ4v) is 6.64. The molecule has 0 aliphatic carbocycles. The topological polar surface area (TPSA) is 81.0 Å². The molecule has 2 aromatic carbocycles. The molecular weight excluding hydrogens is 470 g/mol. The van der Waals surface area contributed by atoms with Crippen LogP contribution in [0.5, 0.6) is 5.75 Å². The van der Waals surface area contributed by atoms with Crippen molar-refractivity contribution in [3.63, 3.8) is 0 Å². The molecule has 0 spiro atoms. The molecule has 0 bridgehead atoms. The van der Waals surface area contributed by atoms with Crippen molar-refractivity contribution in [2.75, 3.05) is 20.2 Å². The lowest BCUT2D eigenvalue weighted by Gasteiger charge is -2.29. The molecule has 1 amide bonds. The summed E-state index contributed by atoms with van der Waals surface area (Å²) in [5.41, 5.74) is 0.929. The number of carbonyl (C=O) groups excluding carboxylic acids is 1. The summed E-state index contributed by atoms with van der Waals surface area (Å²) in [6, 6.07) is 11.9. The van der Waals surface area contributed by atoms with Crippen molar-refractivity contribution in [1.29, 1.82) is 0 Å². The summed E-state index contributed by atoms with van der Waals surface area (Å²) in [5.74, 6) is 0.237. The van der Waals surface area contributed by atoms with Gasteiger partial charge in [0.1, 0.15) is 11.3 Å². The van der Waals surface area contributed by atoms with Gasteiger partial charge in [-0.2, -0.15) is 9.30 Å². The Kier molecular flexibility index (Phi) is 6.71. The Morgan fingerprint density at radius 3 is 2.50 bits per heavy atom. The van der Waals surface area contributed by atoms with Crippen molar-refractivity contribution < 1.29 is 17.9 Å². The smallest absolute Gasteiger partial charge is 0.251 e. The standard InChI is InChI=1S/C22H24ClN3O4S2/c1-3-26-20-18(30-2)5-4-6-19(20)31-22(26)24-21(27)15-11-13-25(14-12-15)32(28,29)17-9-7-16(23)8-10-17/h4-10,15H,3,11-14H2,1-2H3. The number of aryl methyl sites for hydroxylation is 1. The number of sulfonamides is 1. The number of benzene rings is 2. The molecule has 4 rings (SSSR count). The average Bonchev–Trinajstić information content (AvgIpc) is 3.16. The van der Waals surface area contributed by atoms with Crippen molar-refractivity contribution in [1.82, 2.24) is 8.87 Å². The molecule has 32 heavy (non-hydrogen) atoms. The monoisotopic (exact) mass is 493 g/mol. The molecule has 0 unspecified atom stereocenters. The highest BCUT2D eigenvalue weighted by Gasteiger charge is 2.32. The first-order valence-corrected chi connectivity index (χ1v) is 13.0. The molecule has 2 heterocycles. The highest BCUT2D eigenvalue weighted by molar-refractivity contribution is 7.89. The highest BCUT2D eigenvalue weighted by atomic mass is 35.5. The number of amides is 1. The lowest BCUT2D eigenvalue weighted by Crippen LogP contribution is -2.40. The maximum absolute atomic E-state index is 12.9. The van der Waals surface area contributed by atoms with Crippen LogP contribution < -0.4 is 9.54 Å². The van der Waals surface area contributed by atoms with E-state index in [1.165, 1.54) is 27.8 Å². The SMILES string of the molecule is CCn1c(=NC(=O)C2CCN(S(=O)(=O)c3ccc(Cl)cc3)CC2)sc2cccc(OC)c21. The lowest BCUT2D eigenvalue weighted by atomic mass is 9.98. The second-order valence-corrected chi connectivity index (χ2v) is 10.9. The minimum atomic E-state index is -3.61. The normalized spacial score (nSPS) is 16.5. The molecule has 170 valence electrons. The van der Waals surface area contributed by atoms with Crippen LogP contribution in [0.25, 0.3) is 10.2 Å². The van der Waals surface area contributed by atoms with Gasteiger partial charge in [0, 0.05) is 30.6 Å². The third-order valence-electron chi connectivity index (χ3n) is 5.66. The molecule has 10 heteroatoms. The molecular formula is C22H24ClN3O4S2. The van der Waals surface area contributed by atoms with Gasteiger partial charge < -0.3 is 9.30 Å². The Bertz CT molecular complexity index is 1310. The van der Waals surface area contributed by atoms with Gasteiger partial charge in [-0.1, -0.05) is 29.0 Å². The molecule has 1 aliphatic heterocycles. The van der Waals surface area contributed by atoms with E-state index in [0.717, 1.165) is 16.0 Å². The van der Waals surface area contributed by atoms with Crippen LogP contribution in [0.2, 0.25) is 5.02 Å². The number of aromatic nitrogens is 1. The van der Waals surface area contributed by atoms with Gasteiger partial charge in [-0.15, -0.1) is 0 Å². The second-order valence-electron chi connectivity index (χ2n) is 7.52. The van der Waals surface area contributed by atoms with E-state index in [-0.39, 0.29) is 29.8 Å². The number of ether oxygens (including phenoxy) is 1. The van der Waals surface area contributed by atoms with E-state index < -0.39 is 10.0 Å². The fourth-order valence-electron chi connectivity index (χ4n) is 3.93. The van der Waals surface area contributed by atoms with E-state index in [2.05, 4.69) is 4.99 Å². The first kappa shape index (κ1) is 23.0. The summed E-state index contributed by atoms with van der Waals surface area (Å²) < 4.78 is 35.6. The van der Waals surface area contributed by atoms with E-state index in [4.69, 9.17) is 16.3 Å². The summed E-state index contributed by atoms with van der Waals surface area (Å²) in [6.45, 7) is 3.22. The number of piperidine rings is 1. The van der Waals surface area contributed by atoms with Gasteiger partial charge in [0.15, 0.2) is 4.80 Å². The van der Waals surface area contributed by atoms with Gasteiger partial charge in [0.2, 0.25) is 10.0 Å². The van der Waals surface area contributed by atoms with E-state index >= 15 is 0 Å². The minimum Gasteiger partial charge on any atom is -0.495 e. The Morgan fingerprint density at radius 1 is 1.19 bits per heavy atom. The first-order valence-electron chi connectivity index (χ1n) is 10.4. The van der Waals surface area contributed by atoms with Gasteiger partial charge in [-0.3, -0.25) is 4.79 Å². The zero-order valence-corrected chi connectivity index (χ0v) is 20.2. The zero-order chi connectivity index (χ0) is 22.9. The van der Waals surface area contributed by atoms with Crippen LogP contribution in [0.1, 0.15) is 19.8 Å². The molecule has 1 fully saturated rings. The molecule has 7 nitrogen and oxygen atoms in total. The molecule has 0 atom stereocenters. The number of fused-ring (bicyclic) bond motifs is 1. The molecule has 0 saturated carbocycles. The number of carbonyl (C=O) groups is 1. The van der Waals surface area contributed by atoms with Crippen LogP contribution in [-0.2, 0) is 21.4 Å². The van der Waals surface area contributed by atoms with Crippen molar-refractivity contribution in [3.05, 3.63) is 52.3 Å². The summed E-state index contributed by atoms with van der Waals surface area (Å²) in [5, 5.41) is 0.484. The predicted octanol–water partition coefficient (Wildman–Crippen LogP) is 3.91. The number of thiazole rings is 1. The summed E-state index contributed by atoms with van der Waals surface area (Å²) in [4.78, 5) is 18.2. The first-order chi connectivity index (χ1) is 15.3. The fraction of sp³-hybridized carbons (Fsp3) is 0.364. The number of methoxy groups -OCH3 is 1. The van der Waals surface area contributed by atoms with Crippen molar-refractivity contribution in [2.45, 2.75) is 31.2 Å². The summed E-state index contributed by atoms with van der Waals surface area (Å²) in [6.07, 6.45) is 0.880. The van der Waals surface area contributed by atoms with Crippen molar-refractivity contribution >= 4 is 49.1 Å². The number of hydrogen-bond acceptors (Lipinski definition) is 5. The van der Waals surface area contributed by atoms with E-state index in [1.807, 2.05) is 29.7 Å². The van der Waals surface area contributed by atoms with Gasteiger partial charge in [-0.25, -0.2) is 8.42 Å². The van der Waals surface area contributed by atoms with Crippen LogP contribution in [0, 0.1) is 5.92 Å².